The van der Waals surface area contributed by atoms with Crippen LogP contribution in [-0.2, 0) is 21.3 Å². The van der Waals surface area contributed by atoms with Gasteiger partial charge in [-0.15, -0.1) is 0 Å². The number of nitrogens with zero attached hydrogens (tertiary/aromatic N) is 2. The molecule has 0 radical (unpaired) electrons. The SMILES string of the molecule is CC(C)c1ccc(S(=O)(=O)N(Cc2nc3ccccc3c(=O)[nH]2)CC2CCCO2)cc1. The van der Waals surface area contributed by atoms with Crippen molar-refractivity contribution in [1.82, 2.24) is 14.3 Å². The number of sulfonamides is 1. The van der Waals surface area contributed by atoms with E-state index >= 15 is 0 Å². The first-order chi connectivity index (χ1) is 14.8. The fourth-order valence-corrected chi connectivity index (χ4v) is 5.25. The van der Waals surface area contributed by atoms with E-state index in [0.29, 0.717) is 29.3 Å². The van der Waals surface area contributed by atoms with E-state index in [4.69, 9.17) is 4.74 Å². The predicted molar refractivity (Wildman–Crippen MR) is 119 cm³/mol. The molecule has 1 fully saturated rings. The first kappa shape index (κ1) is 21.7. The zero-order valence-electron chi connectivity index (χ0n) is 17.7. The largest absolute Gasteiger partial charge is 0.377 e. The number of H-pyrrole nitrogens is 1. The highest BCUT2D eigenvalue weighted by atomic mass is 32.2. The van der Waals surface area contributed by atoms with Gasteiger partial charge in [0.2, 0.25) is 10.0 Å². The molecule has 2 heterocycles. The minimum atomic E-state index is -3.80. The molecule has 2 aromatic carbocycles. The van der Waals surface area contributed by atoms with Gasteiger partial charge in [-0.2, -0.15) is 4.31 Å². The number of rotatable bonds is 7. The summed E-state index contributed by atoms with van der Waals surface area (Å²) in [5, 5.41) is 0.476. The number of fused-ring (bicyclic) bond motifs is 1. The lowest BCUT2D eigenvalue weighted by Crippen LogP contribution is -2.37. The molecule has 4 rings (SSSR count). The van der Waals surface area contributed by atoms with E-state index in [0.717, 1.165) is 18.4 Å². The normalized spacial score (nSPS) is 17.1. The number of hydrogen-bond acceptors (Lipinski definition) is 5. The van der Waals surface area contributed by atoms with Gasteiger partial charge in [0.05, 0.1) is 28.4 Å². The topological polar surface area (TPSA) is 92.4 Å². The molecular formula is C23H27N3O4S. The third kappa shape index (κ3) is 4.71. The van der Waals surface area contributed by atoms with Gasteiger partial charge in [0.15, 0.2) is 0 Å². The van der Waals surface area contributed by atoms with Crippen LogP contribution in [0.2, 0.25) is 0 Å². The van der Waals surface area contributed by atoms with Crippen molar-refractivity contribution < 1.29 is 13.2 Å². The summed E-state index contributed by atoms with van der Waals surface area (Å²) < 4.78 is 34.1. The first-order valence-corrected chi connectivity index (χ1v) is 12.0. The van der Waals surface area contributed by atoms with Gasteiger partial charge in [-0.3, -0.25) is 4.79 Å². The van der Waals surface area contributed by atoms with Crippen LogP contribution in [0.4, 0.5) is 0 Å². The number of nitrogens with one attached hydrogen (secondary N) is 1. The lowest BCUT2D eigenvalue weighted by Gasteiger charge is -2.24. The summed E-state index contributed by atoms with van der Waals surface area (Å²) in [6.45, 7) is 4.94. The lowest BCUT2D eigenvalue weighted by atomic mass is 10.0. The Labute approximate surface area is 182 Å². The number of benzene rings is 2. The summed E-state index contributed by atoms with van der Waals surface area (Å²) in [7, 11) is -3.80. The van der Waals surface area contributed by atoms with E-state index in [1.54, 1.807) is 36.4 Å². The molecule has 1 atom stereocenters. The van der Waals surface area contributed by atoms with Crippen molar-refractivity contribution in [3.63, 3.8) is 0 Å². The van der Waals surface area contributed by atoms with E-state index in [2.05, 4.69) is 23.8 Å². The van der Waals surface area contributed by atoms with Crippen molar-refractivity contribution in [2.45, 2.75) is 50.2 Å². The Morgan fingerprint density at radius 3 is 2.58 bits per heavy atom. The van der Waals surface area contributed by atoms with Crippen LogP contribution >= 0.6 is 0 Å². The van der Waals surface area contributed by atoms with E-state index in [1.807, 2.05) is 12.1 Å². The molecule has 0 aliphatic carbocycles. The molecule has 1 N–H and O–H groups in total. The van der Waals surface area contributed by atoms with E-state index in [-0.39, 0.29) is 29.6 Å². The molecule has 8 heteroatoms. The van der Waals surface area contributed by atoms with Crippen LogP contribution in [0.25, 0.3) is 10.9 Å². The summed E-state index contributed by atoms with van der Waals surface area (Å²) >= 11 is 0. The highest BCUT2D eigenvalue weighted by Crippen LogP contribution is 2.24. The van der Waals surface area contributed by atoms with E-state index < -0.39 is 10.0 Å². The Morgan fingerprint density at radius 2 is 1.90 bits per heavy atom. The second-order valence-electron chi connectivity index (χ2n) is 8.19. The van der Waals surface area contributed by atoms with Gasteiger partial charge in [0.1, 0.15) is 5.82 Å². The molecule has 0 bridgehead atoms. The minimum Gasteiger partial charge on any atom is -0.377 e. The molecule has 31 heavy (non-hydrogen) atoms. The number of aromatic nitrogens is 2. The van der Waals surface area contributed by atoms with Crippen LogP contribution in [0.3, 0.4) is 0 Å². The fourth-order valence-electron chi connectivity index (χ4n) is 3.81. The van der Waals surface area contributed by atoms with Gasteiger partial charge in [-0.25, -0.2) is 13.4 Å². The average molecular weight is 442 g/mol. The molecule has 3 aromatic rings. The summed E-state index contributed by atoms with van der Waals surface area (Å²) in [4.78, 5) is 19.9. The van der Waals surface area contributed by atoms with Crippen LogP contribution in [-0.4, -0.2) is 41.9 Å². The fraction of sp³-hybridized carbons (Fsp3) is 0.391. The molecular weight excluding hydrogens is 414 g/mol. The van der Waals surface area contributed by atoms with E-state index in [9.17, 15) is 13.2 Å². The molecule has 1 aliphatic heterocycles. The average Bonchev–Trinajstić information content (AvgIpc) is 3.26. The predicted octanol–water partition coefficient (Wildman–Crippen LogP) is 3.42. The molecule has 0 amide bonds. The highest BCUT2D eigenvalue weighted by molar-refractivity contribution is 7.89. The third-order valence-electron chi connectivity index (χ3n) is 5.60. The Morgan fingerprint density at radius 1 is 1.16 bits per heavy atom. The summed E-state index contributed by atoms with van der Waals surface area (Å²) in [5.41, 5.74) is 1.33. The number of para-hydroxylation sites is 1. The van der Waals surface area contributed by atoms with Crippen molar-refractivity contribution in [3.8, 4) is 0 Å². The highest BCUT2D eigenvalue weighted by Gasteiger charge is 2.30. The molecule has 7 nitrogen and oxygen atoms in total. The van der Waals surface area contributed by atoms with Crippen LogP contribution in [0, 0.1) is 0 Å². The monoisotopic (exact) mass is 441 g/mol. The van der Waals surface area contributed by atoms with Gasteiger partial charge in [0.25, 0.3) is 5.56 Å². The Hall–Kier alpha value is -2.55. The van der Waals surface area contributed by atoms with Crippen LogP contribution < -0.4 is 5.56 Å². The van der Waals surface area contributed by atoms with Gasteiger partial charge in [0, 0.05) is 13.2 Å². The van der Waals surface area contributed by atoms with Crippen molar-refractivity contribution in [2.24, 2.45) is 0 Å². The van der Waals surface area contributed by atoms with Gasteiger partial charge in [-0.1, -0.05) is 38.1 Å². The Balaban J connectivity index is 1.69. The zero-order chi connectivity index (χ0) is 22.0. The second-order valence-corrected chi connectivity index (χ2v) is 10.1. The van der Waals surface area contributed by atoms with Crippen molar-refractivity contribution in [2.75, 3.05) is 13.2 Å². The van der Waals surface area contributed by atoms with Gasteiger partial charge < -0.3 is 9.72 Å². The van der Waals surface area contributed by atoms with Crippen LogP contribution in [0.5, 0.6) is 0 Å². The Kier molecular flexibility index (Phi) is 6.22. The molecule has 0 spiro atoms. The lowest BCUT2D eigenvalue weighted by molar-refractivity contribution is 0.0921. The number of aromatic amines is 1. The standard InChI is InChI=1S/C23H27N3O4S/c1-16(2)17-9-11-19(12-10-17)31(28,29)26(14-18-6-5-13-30-18)15-22-24-21-8-4-3-7-20(21)23(27)25-22/h3-4,7-12,16,18H,5-6,13-15H2,1-2H3,(H,24,25,27). The summed E-state index contributed by atoms with van der Waals surface area (Å²) in [6, 6.07) is 14.0. The molecule has 1 unspecified atom stereocenters. The number of hydrogen-bond donors (Lipinski definition) is 1. The molecule has 1 aliphatic rings. The van der Waals surface area contributed by atoms with Crippen LogP contribution in [0.15, 0.2) is 58.2 Å². The maximum atomic E-state index is 13.5. The molecule has 164 valence electrons. The molecule has 1 aromatic heterocycles. The number of ether oxygens (including phenoxy) is 1. The zero-order valence-corrected chi connectivity index (χ0v) is 18.6. The van der Waals surface area contributed by atoms with Crippen molar-refractivity contribution in [3.05, 3.63) is 70.3 Å². The molecule has 0 saturated carbocycles. The maximum Gasteiger partial charge on any atom is 0.258 e. The van der Waals surface area contributed by atoms with Crippen LogP contribution in [0.1, 0.15) is 44.0 Å². The summed E-state index contributed by atoms with van der Waals surface area (Å²) in [6.07, 6.45) is 1.55. The first-order valence-electron chi connectivity index (χ1n) is 10.5. The van der Waals surface area contributed by atoms with Crippen molar-refractivity contribution in [1.29, 1.82) is 0 Å². The van der Waals surface area contributed by atoms with Gasteiger partial charge in [-0.05, 0) is 48.6 Å². The summed E-state index contributed by atoms with van der Waals surface area (Å²) in [5.74, 6) is 0.621. The van der Waals surface area contributed by atoms with Gasteiger partial charge >= 0.3 is 0 Å². The maximum absolute atomic E-state index is 13.5. The smallest absolute Gasteiger partial charge is 0.258 e. The Bertz CT molecular complexity index is 1210. The second kappa shape index (κ2) is 8.90. The third-order valence-corrected chi connectivity index (χ3v) is 7.43. The van der Waals surface area contributed by atoms with Crippen molar-refractivity contribution >= 4 is 20.9 Å². The van der Waals surface area contributed by atoms with E-state index in [1.165, 1.54) is 4.31 Å². The molecule has 1 saturated heterocycles. The minimum absolute atomic E-state index is 0.0335. The quantitative estimate of drug-likeness (QED) is 0.607.